The highest BCUT2D eigenvalue weighted by atomic mass is 16.4. The van der Waals surface area contributed by atoms with Crippen LogP contribution in [0.3, 0.4) is 0 Å². The molecule has 0 aromatic rings. The standard InChI is InChI=1S/C11H19N2O4/c1-2-3-4-5-10(15)13-9(11(16)17)6-7-12-8-14/h8-9H,1-7H2,(H,12,14)(H,13,15)(H,16,17). The van der Waals surface area contributed by atoms with Crippen molar-refractivity contribution < 1.29 is 19.5 Å². The van der Waals surface area contributed by atoms with Crippen molar-refractivity contribution in [1.82, 2.24) is 10.6 Å². The van der Waals surface area contributed by atoms with Crippen LogP contribution in [0.1, 0.15) is 32.1 Å². The predicted molar refractivity (Wildman–Crippen MR) is 62.1 cm³/mol. The number of carbonyl (C=O) groups is 3. The Morgan fingerprint density at radius 1 is 1.35 bits per heavy atom. The molecule has 0 fully saturated rings. The largest absolute Gasteiger partial charge is 0.480 e. The van der Waals surface area contributed by atoms with E-state index in [1.54, 1.807) is 0 Å². The Kier molecular flexibility index (Phi) is 8.72. The van der Waals surface area contributed by atoms with Crippen LogP contribution in [0.5, 0.6) is 0 Å². The average Bonchev–Trinajstić information content (AvgIpc) is 2.28. The summed E-state index contributed by atoms with van der Waals surface area (Å²) in [4.78, 5) is 32.2. The van der Waals surface area contributed by atoms with Crippen molar-refractivity contribution >= 4 is 18.3 Å². The second kappa shape index (κ2) is 9.62. The van der Waals surface area contributed by atoms with Crippen LogP contribution >= 0.6 is 0 Å². The van der Waals surface area contributed by atoms with Gasteiger partial charge >= 0.3 is 5.97 Å². The Labute approximate surface area is 101 Å². The molecule has 0 aromatic heterocycles. The van der Waals surface area contributed by atoms with Gasteiger partial charge in [-0.25, -0.2) is 4.79 Å². The normalized spacial score (nSPS) is 11.6. The summed E-state index contributed by atoms with van der Waals surface area (Å²) in [6, 6.07) is -0.949. The molecule has 0 saturated heterocycles. The van der Waals surface area contributed by atoms with Crippen molar-refractivity contribution in [3.63, 3.8) is 0 Å². The zero-order valence-electron chi connectivity index (χ0n) is 9.78. The first-order valence-corrected chi connectivity index (χ1v) is 5.60. The lowest BCUT2D eigenvalue weighted by atomic mass is 10.1. The molecule has 0 bridgehead atoms. The first kappa shape index (κ1) is 15.4. The van der Waals surface area contributed by atoms with Gasteiger partial charge in [-0.1, -0.05) is 19.8 Å². The highest BCUT2D eigenvalue weighted by Crippen LogP contribution is 2.00. The summed E-state index contributed by atoms with van der Waals surface area (Å²) in [6.07, 6.45) is 3.29. The van der Waals surface area contributed by atoms with E-state index < -0.39 is 12.0 Å². The molecule has 17 heavy (non-hydrogen) atoms. The van der Waals surface area contributed by atoms with E-state index in [0.717, 1.165) is 12.8 Å². The molecular weight excluding hydrogens is 224 g/mol. The van der Waals surface area contributed by atoms with E-state index in [0.29, 0.717) is 19.3 Å². The van der Waals surface area contributed by atoms with Gasteiger partial charge in [-0.2, -0.15) is 0 Å². The summed E-state index contributed by atoms with van der Waals surface area (Å²) in [5, 5.41) is 13.6. The highest BCUT2D eigenvalue weighted by Gasteiger charge is 2.18. The Morgan fingerprint density at radius 2 is 2.06 bits per heavy atom. The van der Waals surface area contributed by atoms with Crippen LogP contribution in [0, 0.1) is 6.92 Å². The van der Waals surface area contributed by atoms with Crippen molar-refractivity contribution in [3.05, 3.63) is 6.92 Å². The van der Waals surface area contributed by atoms with E-state index in [9.17, 15) is 14.4 Å². The minimum Gasteiger partial charge on any atom is -0.480 e. The van der Waals surface area contributed by atoms with Crippen LogP contribution in [-0.4, -0.2) is 36.0 Å². The number of aliphatic carboxylic acids is 1. The van der Waals surface area contributed by atoms with E-state index in [2.05, 4.69) is 17.6 Å². The summed E-state index contributed by atoms with van der Waals surface area (Å²) < 4.78 is 0. The highest BCUT2D eigenvalue weighted by molar-refractivity contribution is 5.83. The Bertz CT molecular complexity index is 256. The van der Waals surface area contributed by atoms with Crippen molar-refractivity contribution in [2.75, 3.05) is 6.54 Å². The van der Waals surface area contributed by atoms with Crippen LogP contribution in [0.25, 0.3) is 0 Å². The SMILES string of the molecule is [CH2]CCCCC(=O)NC(CCNC=O)C(=O)O. The molecule has 2 amide bonds. The molecule has 0 spiro atoms. The van der Waals surface area contributed by atoms with Crippen molar-refractivity contribution in [2.24, 2.45) is 0 Å². The van der Waals surface area contributed by atoms with Crippen molar-refractivity contribution in [1.29, 1.82) is 0 Å². The smallest absolute Gasteiger partial charge is 0.326 e. The Morgan fingerprint density at radius 3 is 2.59 bits per heavy atom. The second-order valence-electron chi connectivity index (χ2n) is 3.63. The van der Waals surface area contributed by atoms with Gasteiger partial charge in [0, 0.05) is 13.0 Å². The number of hydrogen-bond acceptors (Lipinski definition) is 3. The number of unbranched alkanes of at least 4 members (excludes halogenated alkanes) is 2. The minimum atomic E-state index is -1.09. The third kappa shape index (κ3) is 8.24. The third-order valence-corrected chi connectivity index (χ3v) is 2.20. The second-order valence-corrected chi connectivity index (χ2v) is 3.63. The molecule has 0 aromatic carbocycles. The fourth-order valence-corrected chi connectivity index (χ4v) is 1.27. The fourth-order valence-electron chi connectivity index (χ4n) is 1.27. The molecule has 6 nitrogen and oxygen atoms in total. The van der Waals surface area contributed by atoms with Gasteiger partial charge in [0.1, 0.15) is 6.04 Å². The van der Waals surface area contributed by atoms with Crippen molar-refractivity contribution in [2.45, 2.75) is 38.1 Å². The van der Waals surface area contributed by atoms with Gasteiger partial charge in [0.2, 0.25) is 12.3 Å². The lowest BCUT2D eigenvalue weighted by molar-refractivity contribution is -0.142. The molecule has 97 valence electrons. The van der Waals surface area contributed by atoms with Crippen LogP contribution in [0.2, 0.25) is 0 Å². The summed E-state index contributed by atoms with van der Waals surface area (Å²) in [6.45, 7) is 3.88. The summed E-state index contributed by atoms with van der Waals surface area (Å²) >= 11 is 0. The molecular formula is C11H19N2O4. The monoisotopic (exact) mass is 243 g/mol. The summed E-state index contributed by atoms with van der Waals surface area (Å²) in [5.41, 5.74) is 0. The number of amides is 2. The van der Waals surface area contributed by atoms with Gasteiger partial charge in [0.05, 0.1) is 0 Å². The maximum Gasteiger partial charge on any atom is 0.326 e. The zero-order valence-corrected chi connectivity index (χ0v) is 9.78. The van der Waals surface area contributed by atoms with E-state index in [1.165, 1.54) is 0 Å². The average molecular weight is 243 g/mol. The van der Waals surface area contributed by atoms with Crippen LogP contribution < -0.4 is 10.6 Å². The first-order chi connectivity index (χ1) is 8.11. The molecule has 0 rings (SSSR count). The van der Waals surface area contributed by atoms with Gasteiger partial charge in [0.15, 0.2) is 0 Å². The van der Waals surface area contributed by atoms with E-state index in [-0.39, 0.29) is 18.9 Å². The molecule has 0 heterocycles. The number of carbonyl (C=O) groups excluding carboxylic acids is 2. The fraction of sp³-hybridized carbons (Fsp3) is 0.636. The van der Waals surface area contributed by atoms with Gasteiger partial charge in [-0.3, -0.25) is 9.59 Å². The van der Waals surface area contributed by atoms with Crippen LogP contribution in [-0.2, 0) is 14.4 Å². The number of hydrogen-bond donors (Lipinski definition) is 3. The summed E-state index contributed by atoms with van der Waals surface area (Å²) in [5.74, 6) is -1.37. The minimum absolute atomic E-state index is 0.176. The molecule has 3 N–H and O–H groups in total. The van der Waals surface area contributed by atoms with Gasteiger partial charge in [-0.15, -0.1) is 0 Å². The quantitative estimate of drug-likeness (QED) is 0.374. The van der Waals surface area contributed by atoms with Crippen LogP contribution in [0.15, 0.2) is 0 Å². The molecule has 0 aliphatic carbocycles. The first-order valence-electron chi connectivity index (χ1n) is 5.60. The number of carboxylic acids is 1. The maximum absolute atomic E-state index is 11.4. The number of nitrogens with one attached hydrogen (secondary N) is 2. The predicted octanol–water partition coefficient (Wildman–Crippen LogP) is 0.0864. The molecule has 0 saturated carbocycles. The lowest BCUT2D eigenvalue weighted by Gasteiger charge is -2.14. The molecule has 1 atom stereocenters. The van der Waals surface area contributed by atoms with Crippen molar-refractivity contribution in [3.8, 4) is 0 Å². The number of rotatable bonds is 10. The maximum atomic E-state index is 11.4. The zero-order chi connectivity index (χ0) is 13.1. The third-order valence-electron chi connectivity index (χ3n) is 2.20. The molecule has 6 heteroatoms. The Balaban J connectivity index is 3.93. The van der Waals surface area contributed by atoms with Crippen LogP contribution in [0.4, 0.5) is 0 Å². The number of carboxylic acid groups (broad SMARTS) is 1. The lowest BCUT2D eigenvalue weighted by Crippen LogP contribution is -2.42. The summed E-state index contributed by atoms with van der Waals surface area (Å²) in [7, 11) is 0. The van der Waals surface area contributed by atoms with E-state index >= 15 is 0 Å². The Hall–Kier alpha value is -1.59. The van der Waals surface area contributed by atoms with Gasteiger partial charge in [0.25, 0.3) is 0 Å². The molecule has 1 unspecified atom stereocenters. The van der Waals surface area contributed by atoms with Gasteiger partial charge < -0.3 is 15.7 Å². The van der Waals surface area contributed by atoms with E-state index in [4.69, 9.17) is 5.11 Å². The molecule has 0 aliphatic rings. The molecule has 1 radical (unpaired) electrons. The van der Waals surface area contributed by atoms with Gasteiger partial charge in [-0.05, 0) is 12.8 Å². The topological polar surface area (TPSA) is 95.5 Å². The molecule has 0 aliphatic heterocycles. The van der Waals surface area contributed by atoms with E-state index in [1.807, 2.05) is 0 Å².